The molecule has 1 aromatic heterocycles. The molecule has 3 aromatic rings. The molecule has 2 N–H and O–H groups in total. The number of benzene rings is 2. The van der Waals surface area contributed by atoms with Gasteiger partial charge in [0.05, 0.1) is 11.1 Å². The highest BCUT2D eigenvalue weighted by Gasteiger charge is 2.32. The molecular weight excluding hydrogens is 438 g/mol. The lowest BCUT2D eigenvalue weighted by atomic mass is 10.0. The minimum Gasteiger partial charge on any atom is -0.369 e. The van der Waals surface area contributed by atoms with E-state index in [2.05, 4.69) is 15.2 Å². The van der Waals surface area contributed by atoms with E-state index in [0.29, 0.717) is 22.7 Å². The summed E-state index contributed by atoms with van der Waals surface area (Å²) in [6.07, 6.45) is 2.78. The Bertz CT molecular complexity index is 1280. The van der Waals surface area contributed by atoms with Crippen molar-refractivity contribution in [2.45, 2.75) is 31.2 Å². The van der Waals surface area contributed by atoms with Crippen molar-refractivity contribution in [3.05, 3.63) is 75.7 Å². The number of halogens is 2. The summed E-state index contributed by atoms with van der Waals surface area (Å²) in [7, 11) is 1.53. The molecule has 2 aromatic carbocycles. The number of hydrogen-bond donors (Lipinski definition) is 2. The van der Waals surface area contributed by atoms with E-state index in [1.807, 2.05) is 11.0 Å². The molecule has 1 unspecified atom stereocenters. The van der Waals surface area contributed by atoms with Gasteiger partial charge in [0, 0.05) is 49.9 Å². The molecule has 2 fully saturated rings. The second kappa shape index (κ2) is 9.18. The van der Waals surface area contributed by atoms with E-state index in [9.17, 15) is 18.4 Å². The topological polar surface area (TPSA) is 68.4 Å². The first-order valence-electron chi connectivity index (χ1n) is 11.8. The van der Waals surface area contributed by atoms with Crippen molar-refractivity contribution in [2.75, 3.05) is 38.1 Å². The van der Waals surface area contributed by atoms with Gasteiger partial charge in [-0.25, -0.2) is 8.78 Å². The van der Waals surface area contributed by atoms with Gasteiger partial charge in [-0.15, -0.1) is 0 Å². The van der Waals surface area contributed by atoms with Gasteiger partial charge in [0.25, 0.3) is 11.5 Å². The summed E-state index contributed by atoms with van der Waals surface area (Å²) >= 11 is 0. The van der Waals surface area contributed by atoms with E-state index in [1.165, 1.54) is 19.2 Å². The third kappa shape index (κ3) is 4.18. The van der Waals surface area contributed by atoms with Crippen LogP contribution in [0.4, 0.5) is 14.5 Å². The van der Waals surface area contributed by atoms with Crippen molar-refractivity contribution in [3.8, 4) is 0 Å². The Labute approximate surface area is 196 Å². The zero-order chi connectivity index (χ0) is 23.8. The van der Waals surface area contributed by atoms with Gasteiger partial charge >= 0.3 is 0 Å². The summed E-state index contributed by atoms with van der Waals surface area (Å²) in [6, 6.07) is 11.7. The van der Waals surface area contributed by atoms with Crippen LogP contribution >= 0.6 is 0 Å². The Morgan fingerprint density at radius 1 is 1.03 bits per heavy atom. The van der Waals surface area contributed by atoms with Crippen LogP contribution in [-0.4, -0.2) is 55.1 Å². The molecule has 3 heterocycles. The lowest BCUT2D eigenvalue weighted by Gasteiger charge is -2.38. The van der Waals surface area contributed by atoms with Crippen LogP contribution in [0.5, 0.6) is 0 Å². The van der Waals surface area contributed by atoms with E-state index < -0.39 is 5.82 Å². The lowest BCUT2D eigenvalue weighted by Crippen LogP contribution is -2.44. The van der Waals surface area contributed by atoms with Crippen LogP contribution in [0, 0.1) is 11.6 Å². The number of fused-ring (bicyclic) bond motifs is 1. The molecular formula is C26H28F2N4O2. The molecule has 5 rings (SSSR count). The minimum atomic E-state index is -0.496. The van der Waals surface area contributed by atoms with Crippen LogP contribution in [0.15, 0.2) is 47.3 Å². The highest BCUT2D eigenvalue weighted by atomic mass is 19.1. The summed E-state index contributed by atoms with van der Waals surface area (Å²) in [5.41, 5.74) is 1.34. The van der Waals surface area contributed by atoms with Crippen LogP contribution in [0.1, 0.15) is 41.2 Å². The second-order valence-electron chi connectivity index (χ2n) is 9.20. The number of carbonyl (C=O) groups is 1. The lowest BCUT2D eigenvalue weighted by molar-refractivity contribution is 0.0962. The smallest absolute Gasteiger partial charge is 0.259 e. The monoisotopic (exact) mass is 466 g/mol. The molecule has 1 atom stereocenters. The predicted octanol–water partition coefficient (Wildman–Crippen LogP) is 3.62. The molecule has 0 bridgehead atoms. The SMILES string of the molecule is CNC(=O)c1ccc(N2CCC(N3CCC(c4cc5cccc(F)c5c(=O)[nH]4)C3)CC2)c(F)c1. The second-order valence-corrected chi connectivity index (χ2v) is 9.20. The molecule has 0 saturated carbocycles. The van der Waals surface area contributed by atoms with Gasteiger partial charge in [0.15, 0.2) is 0 Å². The van der Waals surface area contributed by atoms with Crippen LogP contribution in [0.3, 0.4) is 0 Å². The van der Waals surface area contributed by atoms with Gasteiger partial charge in [-0.2, -0.15) is 0 Å². The quantitative estimate of drug-likeness (QED) is 0.616. The summed E-state index contributed by atoms with van der Waals surface area (Å²) in [6.45, 7) is 3.27. The number of H-pyrrole nitrogens is 1. The van der Waals surface area contributed by atoms with Crippen LogP contribution in [-0.2, 0) is 0 Å². The van der Waals surface area contributed by atoms with Crippen molar-refractivity contribution < 1.29 is 13.6 Å². The van der Waals surface area contributed by atoms with E-state index in [1.54, 1.807) is 24.3 Å². The molecule has 6 nitrogen and oxygen atoms in total. The normalized spacial score (nSPS) is 19.6. The molecule has 178 valence electrons. The van der Waals surface area contributed by atoms with Gasteiger partial charge in [-0.1, -0.05) is 12.1 Å². The Balaban J connectivity index is 1.23. The van der Waals surface area contributed by atoms with Gasteiger partial charge in [-0.3, -0.25) is 14.5 Å². The number of likely N-dealkylation sites (tertiary alicyclic amines) is 1. The average molecular weight is 467 g/mol. The van der Waals surface area contributed by atoms with Crippen LogP contribution in [0.2, 0.25) is 0 Å². The van der Waals surface area contributed by atoms with E-state index >= 15 is 0 Å². The van der Waals surface area contributed by atoms with E-state index in [4.69, 9.17) is 0 Å². The van der Waals surface area contributed by atoms with Crippen molar-refractivity contribution in [1.29, 1.82) is 0 Å². The summed E-state index contributed by atoms with van der Waals surface area (Å²) in [4.78, 5) is 31.6. The predicted molar refractivity (Wildman–Crippen MR) is 128 cm³/mol. The number of nitrogens with one attached hydrogen (secondary N) is 2. The molecule has 2 saturated heterocycles. The van der Waals surface area contributed by atoms with Crippen molar-refractivity contribution in [1.82, 2.24) is 15.2 Å². The first-order chi connectivity index (χ1) is 16.4. The van der Waals surface area contributed by atoms with Crippen LogP contribution < -0.4 is 15.8 Å². The van der Waals surface area contributed by atoms with Crippen LogP contribution in [0.25, 0.3) is 10.8 Å². The number of amides is 1. The summed E-state index contributed by atoms with van der Waals surface area (Å²) in [5.74, 6) is -0.971. The first-order valence-corrected chi connectivity index (χ1v) is 11.8. The molecule has 1 amide bonds. The highest BCUT2D eigenvalue weighted by Crippen LogP contribution is 2.32. The van der Waals surface area contributed by atoms with Gasteiger partial charge in [0.2, 0.25) is 0 Å². The third-order valence-corrected chi connectivity index (χ3v) is 7.26. The number of aromatic nitrogens is 1. The molecule has 2 aliphatic rings. The number of aromatic amines is 1. The number of pyridine rings is 1. The first kappa shape index (κ1) is 22.5. The Kier molecular flexibility index (Phi) is 6.08. The van der Waals surface area contributed by atoms with Crippen molar-refractivity contribution in [3.63, 3.8) is 0 Å². The minimum absolute atomic E-state index is 0.115. The maximum atomic E-state index is 14.7. The number of hydrogen-bond acceptors (Lipinski definition) is 4. The number of carbonyl (C=O) groups excluding carboxylic acids is 1. The molecule has 8 heteroatoms. The zero-order valence-corrected chi connectivity index (χ0v) is 19.1. The molecule has 0 aliphatic carbocycles. The summed E-state index contributed by atoms with van der Waals surface area (Å²) < 4.78 is 28.7. The Morgan fingerprint density at radius 2 is 1.82 bits per heavy atom. The fourth-order valence-electron chi connectivity index (χ4n) is 5.41. The standard InChI is InChI=1S/C26H28F2N4O2/c1-29-25(33)17-5-6-23(21(28)13-17)31-11-8-19(9-12-31)32-10-7-18(15-32)22-14-16-3-2-4-20(27)24(16)26(34)30-22/h2-6,13-14,18-19H,7-12,15H2,1H3,(H,29,33)(H,30,34). The average Bonchev–Trinajstić information content (AvgIpc) is 3.34. The molecule has 34 heavy (non-hydrogen) atoms. The Hall–Kier alpha value is -3.26. The van der Waals surface area contributed by atoms with Gasteiger partial charge in [-0.05, 0) is 61.5 Å². The fourth-order valence-corrected chi connectivity index (χ4v) is 5.41. The van der Waals surface area contributed by atoms with Crippen molar-refractivity contribution in [2.24, 2.45) is 0 Å². The van der Waals surface area contributed by atoms with Crippen molar-refractivity contribution >= 4 is 22.4 Å². The largest absolute Gasteiger partial charge is 0.369 e. The maximum Gasteiger partial charge on any atom is 0.259 e. The third-order valence-electron chi connectivity index (χ3n) is 7.26. The molecule has 2 aliphatic heterocycles. The number of rotatable bonds is 4. The molecule has 0 radical (unpaired) electrons. The Morgan fingerprint density at radius 3 is 2.56 bits per heavy atom. The molecule has 0 spiro atoms. The number of piperidine rings is 1. The highest BCUT2D eigenvalue weighted by molar-refractivity contribution is 5.94. The number of anilines is 1. The summed E-state index contributed by atoms with van der Waals surface area (Å²) in [5, 5.41) is 3.26. The van der Waals surface area contributed by atoms with E-state index in [0.717, 1.165) is 51.1 Å². The zero-order valence-electron chi connectivity index (χ0n) is 19.1. The number of nitrogens with zero attached hydrogens (tertiary/aromatic N) is 2. The van der Waals surface area contributed by atoms with Gasteiger partial charge in [0.1, 0.15) is 11.6 Å². The van der Waals surface area contributed by atoms with E-state index in [-0.39, 0.29) is 28.6 Å². The fraction of sp³-hybridized carbons (Fsp3) is 0.385. The van der Waals surface area contributed by atoms with Gasteiger partial charge < -0.3 is 15.2 Å². The maximum absolute atomic E-state index is 14.7.